The number of ether oxygens (including phenoxy) is 1. The summed E-state index contributed by atoms with van der Waals surface area (Å²) >= 11 is 0. The van der Waals surface area contributed by atoms with Gasteiger partial charge in [0.25, 0.3) is 0 Å². The van der Waals surface area contributed by atoms with E-state index in [0.29, 0.717) is 12.4 Å². The molecule has 0 spiro atoms. The van der Waals surface area contributed by atoms with Crippen molar-refractivity contribution in [3.8, 4) is 5.75 Å². The van der Waals surface area contributed by atoms with Crippen LogP contribution in [0.5, 0.6) is 5.75 Å². The zero-order valence-electron chi connectivity index (χ0n) is 20.8. The summed E-state index contributed by atoms with van der Waals surface area (Å²) < 4.78 is 34.7. The molecule has 6 heteroatoms. The molecule has 1 unspecified atom stereocenters. The molecular weight excluding hydrogens is 410 g/mol. The maximum atomic E-state index is 13.1. The molecule has 0 aromatic heterocycles. The lowest BCUT2D eigenvalue weighted by molar-refractivity contribution is 0.264. The lowest BCUT2D eigenvalue weighted by atomic mass is 9.72. The molecule has 1 rings (SSSR count). The molecule has 180 valence electrons. The van der Waals surface area contributed by atoms with Gasteiger partial charge < -0.3 is 9.84 Å². The monoisotopic (exact) mass is 455 g/mol. The van der Waals surface area contributed by atoms with Gasteiger partial charge in [0.15, 0.2) is 0 Å². The predicted octanol–water partition coefficient (Wildman–Crippen LogP) is 5.80. The largest absolute Gasteiger partial charge is 0.492 e. The SMILES string of the molecule is CCCCCCCCOc1ccc(C(C)(C)CC(C)(C)C)cc1S(=O)(=O)NC(C)CO. The number of aliphatic hydroxyl groups excluding tert-OH is 1. The number of hydrogen-bond donors (Lipinski definition) is 2. The van der Waals surface area contributed by atoms with E-state index in [9.17, 15) is 13.5 Å². The van der Waals surface area contributed by atoms with Crippen molar-refractivity contribution in [2.45, 2.75) is 110 Å². The molecule has 0 aliphatic heterocycles. The van der Waals surface area contributed by atoms with Gasteiger partial charge in [-0.1, -0.05) is 79.7 Å². The fourth-order valence-corrected chi connectivity index (χ4v) is 5.52. The molecule has 1 aromatic carbocycles. The minimum absolute atomic E-state index is 0.110. The standard InChI is InChI=1S/C25H45NO4S/c1-8-9-10-11-12-13-16-30-22-15-14-21(25(6,7)19-24(3,4)5)17-23(22)31(28,29)26-20(2)18-27/h14-15,17,20,26-27H,8-13,16,18-19H2,1-7H3. The Balaban J connectivity index is 3.11. The molecule has 0 amide bonds. The van der Waals surface area contributed by atoms with Crippen LogP contribution in [0.25, 0.3) is 0 Å². The fraction of sp³-hybridized carbons (Fsp3) is 0.760. The van der Waals surface area contributed by atoms with Gasteiger partial charge in [0.2, 0.25) is 10.0 Å². The second kappa shape index (κ2) is 12.2. The van der Waals surface area contributed by atoms with Crippen LogP contribution in [0.15, 0.2) is 23.1 Å². The molecule has 0 saturated carbocycles. The van der Waals surface area contributed by atoms with Gasteiger partial charge >= 0.3 is 0 Å². The average molecular weight is 456 g/mol. The van der Waals surface area contributed by atoms with Crippen molar-refractivity contribution in [2.75, 3.05) is 13.2 Å². The van der Waals surface area contributed by atoms with E-state index in [1.54, 1.807) is 19.1 Å². The van der Waals surface area contributed by atoms with Crippen molar-refractivity contribution in [1.82, 2.24) is 4.72 Å². The van der Waals surface area contributed by atoms with Crippen LogP contribution in [0, 0.1) is 5.41 Å². The zero-order valence-corrected chi connectivity index (χ0v) is 21.6. The highest BCUT2D eigenvalue weighted by Gasteiger charge is 2.30. The third kappa shape index (κ3) is 9.92. The van der Waals surface area contributed by atoms with E-state index < -0.39 is 16.1 Å². The summed E-state index contributed by atoms with van der Waals surface area (Å²) in [5.41, 5.74) is 0.883. The summed E-state index contributed by atoms with van der Waals surface area (Å²) in [6.45, 7) is 14.9. The molecule has 1 atom stereocenters. The molecule has 5 nitrogen and oxygen atoms in total. The molecule has 0 aliphatic carbocycles. The molecule has 2 N–H and O–H groups in total. The minimum Gasteiger partial charge on any atom is -0.492 e. The number of nitrogens with one attached hydrogen (secondary N) is 1. The van der Waals surface area contributed by atoms with Gasteiger partial charge in [-0.25, -0.2) is 13.1 Å². The Kier molecular flexibility index (Phi) is 11.0. The Bertz CT molecular complexity index is 766. The maximum absolute atomic E-state index is 13.1. The van der Waals surface area contributed by atoms with Gasteiger partial charge in [-0.15, -0.1) is 0 Å². The van der Waals surface area contributed by atoms with E-state index in [0.717, 1.165) is 24.8 Å². The summed E-state index contributed by atoms with van der Waals surface area (Å²) in [4.78, 5) is 0.151. The van der Waals surface area contributed by atoms with Crippen LogP contribution in [0.2, 0.25) is 0 Å². The first-order chi connectivity index (χ1) is 14.3. The first-order valence-electron chi connectivity index (χ1n) is 11.7. The van der Waals surface area contributed by atoms with Crippen LogP contribution in [0.4, 0.5) is 0 Å². The summed E-state index contributed by atoms with van der Waals surface area (Å²) in [7, 11) is -3.82. The smallest absolute Gasteiger partial charge is 0.244 e. The van der Waals surface area contributed by atoms with Gasteiger partial charge in [-0.3, -0.25) is 0 Å². The number of benzene rings is 1. The second-order valence-electron chi connectivity index (χ2n) is 10.6. The van der Waals surface area contributed by atoms with Crippen LogP contribution < -0.4 is 9.46 Å². The second-order valence-corrected chi connectivity index (χ2v) is 12.3. The van der Waals surface area contributed by atoms with Gasteiger partial charge in [-0.2, -0.15) is 0 Å². The molecule has 1 aromatic rings. The molecule has 0 saturated heterocycles. The van der Waals surface area contributed by atoms with Crippen molar-refractivity contribution in [1.29, 1.82) is 0 Å². The van der Waals surface area contributed by atoms with E-state index in [2.05, 4.69) is 46.3 Å². The first-order valence-corrected chi connectivity index (χ1v) is 13.2. The minimum atomic E-state index is -3.82. The Morgan fingerprint density at radius 1 is 1.03 bits per heavy atom. The van der Waals surface area contributed by atoms with Crippen molar-refractivity contribution in [3.63, 3.8) is 0 Å². The van der Waals surface area contributed by atoms with Crippen LogP contribution in [0.3, 0.4) is 0 Å². The maximum Gasteiger partial charge on any atom is 0.244 e. The molecule has 0 heterocycles. The zero-order chi connectivity index (χ0) is 23.7. The lowest BCUT2D eigenvalue weighted by Crippen LogP contribution is -2.35. The normalized spacial score (nSPS) is 13.9. The van der Waals surface area contributed by atoms with Crippen molar-refractivity contribution >= 4 is 10.0 Å². The van der Waals surface area contributed by atoms with Gasteiger partial charge in [-0.05, 0) is 48.3 Å². The summed E-state index contributed by atoms with van der Waals surface area (Å²) in [6, 6.07) is 4.95. The average Bonchev–Trinajstić information content (AvgIpc) is 2.65. The van der Waals surface area contributed by atoms with E-state index in [-0.39, 0.29) is 22.3 Å². The Hall–Kier alpha value is -1.11. The molecule has 0 radical (unpaired) electrons. The highest BCUT2D eigenvalue weighted by Crippen LogP contribution is 2.38. The number of sulfonamides is 1. The Morgan fingerprint density at radius 2 is 1.65 bits per heavy atom. The van der Waals surface area contributed by atoms with Crippen LogP contribution in [-0.2, 0) is 15.4 Å². The van der Waals surface area contributed by atoms with Crippen LogP contribution in [0.1, 0.15) is 99.0 Å². The molecule has 0 fully saturated rings. The van der Waals surface area contributed by atoms with Crippen molar-refractivity contribution in [2.24, 2.45) is 5.41 Å². The van der Waals surface area contributed by atoms with Gasteiger partial charge in [0.05, 0.1) is 13.2 Å². The highest BCUT2D eigenvalue weighted by atomic mass is 32.2. The van der Waals surface area contributed by atoms with E-state index in [4.69, 9.17) is 4.74 Å². The number of unbranched alkanes of at least 4 members (excludes halogenated alkanes) is 5. The number of hydrogen-bond acceptors (Lipinski definition) is 4. The quantitative estimate of drug-likeness (QED) is 0.348. The number of rotatable bonds is 14. The van der Waals surface area contributed by atoms with E-state index in [1.165, 1.54) is 25.7 Å². The lowest BCUT2D eigenvalue weighted by Gasteiger charge is -2.33. The Morgan fingerprint density at radius 3 is 2.23 bits per heavy atom. The molecule has 31 heavy (non-hydrogen) atoms. The van der Waals surface area contributed by atoms with Gasteiger partial charge in [0.1, 0.15) is 10.6 Å². The topological polar surface area (TPSA) is 75.6 Å². The first kappa shape index (κ1) is 27.9. The third-order valence-corrected chi connectivity index (χ3v) is 6.98. The van der Waals surface area contributed by atoms with Crippen molar-refractivity contribution < 1.29 is 18.3 Å². The highest BCUT2D eigenvalue weighted by molar-refractivity contribution is 7.89. The van der Waals surface area contributed by atoms with Crippen LogP contribution >= 0.6 is 0 Å². The number of aliphatic hydroxyl groups is 1. The molecule has 0 bridgehead atoms. The van der Waals surface area contributed by atoms with Gasteiger partial charge in [0, 0.05) is 6.04 Å². The summed E-state index contributed by atoms with van der Waals surface area (Å²) in [5.74, 6) is 0.376. The Labute approximate surface area is 191 Å². The summed E-state index contributed by atoms with van der Waals surface area (Å²) in [5, 5.41) is 9.33. The fourth-order valence-electron chi connectivity index (χ4n) is 4.12. The predicted molar refractivity (Wildman–Crippen MR) is 129 cm³/mol. The van der Waals surface area contributed by atoms with Crippen molar-refractivity contribution in [3.05, 3.63) is 23.8 Å². The third-order valence-electron chi connectivity index (χ3n) is 5.37. The van der Waals surface area contributed by atoms with E-state index in [1.807, 2.05) is 6.07 Å². The summed E-state index contributed by atoms with van der Waals surface area (Å²) in [6.07, 6.45) is 7.78. The molecular formula is C25H45NO4S. The van der Waals surface area contributed by atoms with E-state index >= 15 is 0 Å². The molecule has 0 aliphatic rings. The van der Waals surface area contributed by atoms with Crippen LogP contribution in [-0.4, -0.2) is 32.8 Å².